The molecule has 140 valence electrons. The number of benzene rings is 2. The number of hydrogen-bond acceptors (Lipinski definition) is 5. The predicted octanol–water partition coefficient (Wildman–Crippen LogP) is 3.95. The van der Waals surface area contributed by atoms with E-state index in [0.29, 0.717) is 17.2 Å². The lowest BCUT2D eigenvalue weighted by atomic mass is 9.88. The van der Waals surface area contributed by atoms with Crippen molar-refractivity contribution in [1.82, 2.24) is 4.90 Å². The lowest BCUT2D eigenvalue weighted by Crippen LogP contribution is -2.33. The van der Waals surface area contributed by atoms with E-state index in [1.54, 1.807) is 21.3 Å². The SMILES string of the molecule is COc1cc2c(cc1O)C(Cc1cc(Br)c(OC)c(OC)c1)N(C)CC2. The van der Waals surface area contributed by atoms with E-state index in [1.165, 1.54) is 5.56 Å². The average Bonchev–Trinajstić information content (AvgIpc) is 2.63. The fourth-order valence-electron chi connectivity index (χ4n) is 3.59. The van der Waals surface area contributed by atoms with Crippen molar-refractivity contribution in [3.63, 3.8) is 0 Å². The van der Waals surface area contributed by atoms with Gasteiger partial charge in [0.1, 0.15) is 0 Å². The standard InChI is InChI=1S/C20H24BrNO4/c1-22-6-5-13-10-18(24-2)17(23)11-14(13)16(22)8-12-7-15(21)20(26-4)19(9-12)25-3/h7,9-11,16,23H,5-6,8H2,1-4H3. The molecule has 0 radical (unpaired) electrons. The lowest BCUT2D eigenvalue weighted by Gasteiger charge is -2.35. The maximum atomic E-state index is 10.2. The molecule has 3 rings (SSSR count). The van der Waals surface area contributed by atoms with Crippen LogP contribution in [0.15, 0.2) is 28.7 Å². The van der Waals surface area contributed by atoms with E-state index < -0.39 is 0 Å². The smallest absolute Gasteiger partial charge is 0.174 e. The summed E-state index contributed by atoms with van der Waals surface area (Å²) in [6.07, 6.45) is 1.74. The van der Waals surface area contributed by atoms with E-state index in [-0.39, 0.29) is 11.8 Å². The molecule has 1 aliphatic heterocycles. The molecule has 2 aromatic carbocycles. The third kappa shape index (κ3) is 3.48. The van der Waals surface area contributed by atoms with Crippen molar-refractivity contribution in [3.05, 3.63) is 45.4 Å². The molecule has 0 saturated carbocycles. The number of halogens is 1. The van der Waals surface area contributed by atoms with Crippen LogP contribution in [0.1, 0.15) is 22.7 Å². The summed E-state index contributed by atoms with van der Waals surface area (Å²) in [5, 5.41) is 10.2. The number of nitrogens with zero attached hydrogens (tertiary/aromatic N) is 1. The van der Waals surface area contributed by atoms with Crippen molar-refractivity contribution >= 4 is 15.9 Å². The van der Waals surface area contributed by atoms with Crippen LogP contribution in [0.5, 0.6) is 23.0 Å². The van der Waals surface area contributed by atoms with Gasteiger partial charge in [0.05, 0.1) is 25.8 Å². The van der Waals surface area contributed by atoms with Crippen molar-refractivity contribution in [1.29, 1.82) is 0 Å². The van der Waals surface area contributed by atoms with Gasteiger partial charge in [-0.15, -0.1) is 0 Å². The van der Waals surface area contributed by atoms with Gasteiger partial charge >= 0.3 is 0 Å². The summed E-state index contributed by atoms with van der Waals surface area (Å²) in [6.45, 7) is 0.958. The highest BCUT2D eigenvalue weighted by Crippen LogP contribution is 2.41. The molecule has 2 aromatic rings. The van der Waals surface area contributed by atoms with Crippen molar-refractivity contribution in [2.45, 2.75) is 18.9 Å². The van der Waals surface area contributed by atoms with Gasteiger partial charge in [0, 0.05) is 12.6 Å². The van der Waals surface area contributed by atoms with Crippen LogP contribution in [0.4, 0.5) is 0 Å². The Morgan fingerprint density at radius 2 is 1.81 bits per heavy atom. The summed E-state index contributed by atoms with van der Waals surface area (Å²) in [5.74, 6) is 2.10. The number of phenols is 1. The van der Waals surface area contributed by atoms with Gasteiger partial charge in [0.25, 0.3) is 0 Å². The van der Waals surface area contributed by atoms with E-state index in [0.717, 1.165) is 35.0 Å². The fraction of sp³-hybridized carbons (Fsp3) is 0.400. The molecule has 5 nitrogen and oxygen atoms in total. The molecular formula is C20H24BrNO4. The molecule has 1 heterocycles. The van der Waals surface area contributed by atoms with Gasteiger partial charge in [-0.1, -0.05) is 0 Å². The molecule has 6 heteroatoms. The van der Waals surface area contributed by atoms with Gasteiger partial charge in [0.15, 0.2) is 23.0 Å². The van der Waals surface area contributed by atoms with Crippen LogP contribution in [0.25, 0.3) is 0 Å². The summed E-state index contributed by atoms with van der Waals surface area (Å²) in [6, 6.07) is 8.03. The van der Waals surface area contributed by atoms with Crippen molar-refractivity contribution in [2.24, 2.45) is 0 Å². The molecule has 0 bridgehead atoms. The Morgan fingerprint density at radius 3 is 2.46 bits per heavy atom. The summed E-state index contributed by atoms with van der Waals surface area (Å²) in [7, 11) is 6.96. The summed E-state index contributed by atoms with van der Waals surface area (Å²) >= 11 is 3.57. The zero-order valence-corrected chi connectivity index (χ0v) is 17.1. The molecule has 0 aromatic heterocycles. The Hall–Kier alpha value is -1.92. The van der Waals surface area contributed by atoms with Crippen molar-refractivity contribution < 1.29 is 19.3 Å². The zero-order chi connectivity index (χ0) is 18.8. The van der Waals surface area contributed by atoms with Crippen LogP contribution in [-0.2, 0) is 12.8 Å². The average molecular weight is 422 g/mol. The molecule has 0 spiro atoms. The number of rotatable bonds is 5. The van der Waals surface area contributed by atoms with E-state index in [4.69, 9.17) is 14.2 Å². The van der Waals surface area contributed by atoms with E-state index in [1.807, 2.05) is 18.2 Å². The second kappa shape index (κ2) is 7.76. The number of aromatic hydroxyl groups is 1. The first-order valence-corrected chi connectivity index (χ1v) is 9.28. The Bertz CT molecular complexity index is 809. The Balaban J connectivity index is 1.98. The number of phenolic OH excluding ortho intramolecular Hbond substituents is 1. The van der Waals surface area contributed by atoms with Gasteiger partial charge in [0.2, 0.25) is 0 Å². The number of ether oxygens (including phenoxy) is 3. The summed E-state index contributed by atoms with van der Waals surface area (Å²) in [4.78, 5) is 2.32. The van der Waals surface area contributed by atoms with Gasteiger partial charge < -0.3 is 19.3 Å². The lowest BCUT2D eigenvalue weighted by molar-refractivity contribution is 0.228. The summed E-state index contributed by atoms with van der Waals surface area (Å²) < 4.78 is 17.0. The highest BCUT2D eigenvalue weighted by molar-refractivity contribution is 9.10. The maximum Gasteiger partial charge on any atom is 0.174 e. The van der Waals surface area contributed by atoms with Gasteiger partial charge in [-0.2, -0.15) is 0 Å². The second-order valence-corrected chi connectivity index (χ2v) is 7.34. The monoisotopic (exact) mass is 421 g/mol. The number of hydrogen-bond donors (Lipinski definition) is 1. The Morgan fingerprint density at radius 1 is 1.08 bits per heavy atom. The topological polar surface area (TPSA) is 51.2 Å². The van der Waals surface area contributed by atoms with Crippen LogP contribution in [0.3, 0.4) is 0 Å². The number of methoxy groups -OCH3 is 3. The van der Waals surface area contributed by atoms with Crippen molar-refractivity contribution in [2.75, 3.05) is 34.9 Å². The Labute approximate surface area is 162 Å². The second-order valence-electron chi connectivity index (χ2n) is 6.49. The molecular weight excluding hydrogens is 398 g/mol. The largest absolute Gasteiger partial charge is 0.504 e. The van der Waals surface area contributed by atoms with E-state index >= 15 is 0 Å². The molecule has 1 unspecified atom stereocenters. The highest BCUT2D eigenvalue weighted by atomic mass is 79.9. The quantitative estimate of drug-likeness (QED) is 0.791. The Kier molecular flexibility index (Phi) is 5.63. The molecule has 1 aliphatic rings. The normalized spacial score (nSPS) is 16.9. The van der Waals surface area contributed by atoms with E-state index in [9.17, 15) is 5.11 Å². The maximum absolute atomic E-state index is 10.2. The number of likely N-dealkylation sites (N-methyl/N-ethyl adjacent to an activating group) is 1. The molecule has 0 aliphatic carbocycles. The van der Waals surface area contributed by atoms with Crippen LogP contribution in [0, 0.1) is 0 Å². The van der Waals surface area contributed by atoms with E-state index in [2.05, 4.69) is 33.9 Å². The van der Waals surface area contributed by atoms with Crippen LogP contribution in [0.2, 0.25) is 0 Å². The minimum absolute atomic E-state index is 0.167. The molecule has 26 heavy (non-hydrogen) atoms. The molecule has 0 amide bonds. The predicted molar refractivity (Wildman–Crippen MR) is 105 cm³/mol. The minimum atomic E-state index is 0.167. The van der Waals surface area contributed by atoms with Crippen LogP contribution >= 0.6 is 15.9 Å². The van der Waals surface area contributed by atoms with Crippen molar-refractivity contribution in [3.8, 4) is 23.0 Å². The number of fused-ring (bicyclic) bond motifs is 1. The molecule has 0 fully saturated rings. The van der Waals surface area contributed by atoms with Crippen LogP contribution < -0.4 is 14.2 Å². The van der Waals surface area contributed by atoms with Gasteiger partial charge in [-0.05, 0) is 76.8 Å². The van der Waals surface area contributed by atoms with Gasteiger partial charge in [-0.3, -0.25) is 4.90 Å². The molecule has 1 atom stereocenters. The molecule has 0 saturated heterocycles. The first-order valence-electron chi connectivity index (χ1n) is 8.48. The van der Waals surface area contributed by atoms with Gasteiger partial charge in [-0.25, -0.2) is 0 Å². The fourth-order valence-corrected chi connectivity index (χ4v) is 4.24. The zero-order valence-electron chi connectivity index (χ0n) is 15.5. The third-order valence-corrected chi connectivity index (χ3v) is 5.58. The molecule has 1 N–H and O–H groups in total. The van der Waals surface area contributed by atoms with Crippen LogP contribution in [-0.4, -0.2) is 44.9 Å². The third-order valence-electron chi connectivity index (χ3n) is 4.99. The summed E-state index contributed by atoms with van der Waals surface area (Å²) in [5.41, 5.74) is 3.50. The first kappa shape index (κ1) is 18.9. The first-order chi connectivity index (χ1) is 12.5. The minimum Gasteiger partial charge on any atom is -0.504 e. The highest BCUT2D eigenvalue weighted by Gasteiger charge is 2.27.